The number of nitrogens with zero attached hydrogens (tertiary/aromatic N) is 1. The maximum Gasteiger partial charge on any atom is 0.251 e. The molecule has 0 fully saturated rings. The van der Waals surface area contributed by atoms with Gasteiger partial charge in [0.05, 0.1) is 5.75 Å². The molecule has 0 unspecified atom stereocenters. The van der Waals surface area contributed by atoms with E-state index in [1.165, 1.54) is 24.0 Å². The molecule has 0 saturated carbocycles. The number of halogens is 1. The lowest BCUT2D eigenvalue weighted by atomic mass is 10.2. The summed E-state index contributed by atoms with van der Waals surface area (Å²) in [4.78, 5) is 29.4. The highest BCUT2D eigenvalue weighted by Gasteiger charge is 2.06. The third-order valence-corrected chi connectivity index (χ3v) is 4.21. The van der Waals surface area contributed by atoms with E-state index in [4.69, 9.17) is 0 Å². The van der Waals surface area contributed by atoms with Crippen LogP contribution in [0.4, 0.5) is 5.69 Å². The molecule has 0 aliphatic carbocycles. The zero-order chi connectivity index (χ0) is 14.5. The molecule has 0 saturated heterocycles. The fraction of sp³-hybridized carbons (Fsp3) is 0.154. The van der Waals surface area contributed by atoms with Crippen molar-refractivity contribution in [1.82, 2.24) is 9.97 Å². The number of carbonyl (C=O) groups excluding carboxylic acids is 1. The number of anilines is 1. The predicted octanol–water partition coefficient (Wildman–Crippen LogP) is 2.57. The van der Waals surface area contributed by atoms with Crippen molar-refractivity contribution in [3.05, 3.63) is 50.9 Å². The van der Waals surface area contributed by atoms with E-state index >= 15 is 0 Å². The number of carbonyl (C=O) groups is 1. The van der Waals surface area contributed by atoms with Crippen molar-refractivity contribution in [1.29, 1.82) is 0 Å². The Morgan fingerprint density at radius 2 is 2.25 bits per heavy atom. The molecule has 104 valence electrons. The van der Waals surface area contributed by atoms with Crippen LogP contribution in [0.25, 0.3) is 0 Å². The average Bonchev–Trinajstić information content (AvgIpc) is 2.41. The Morgan fingerprint density at radius 1 is 1.45 bits per heavy atom. The highest BCUT2D eigenvalue weighted by atomic mass is 79.9. The molecule has 0 aliphatic rings. The van der Waals surface area contributed by atoms with Gasteiger partial charge in [-0.25, -0.2) is 4.98 Å². The summed E-state index contributed by atoms with van der Waals surface area (Å²) >= 11 is 4.59. The van der Waals surface area contributed by atoms with E-state index in [1.807, 2.05) is 25.1 Å². The van der Waals surface area contributed by atoms with Crippen molar-refractivity contribution in [2.75, 3.05) is 11.1 Å². The SMILES string of the molecule is Cc1cc(NC(=O)CSc2nccc(=O)[nH]2)ccc1Br. The normalized spacial score (nSPS) is 10.3. The first-order chi connectivity index (χ1) is 9.54. The summed E-state index contributed by atoms with van der Waals surface area (Å²) in [5.74, 6) is 0.0328. The van der Waals surface area contributed by atoms with Crippen LogP contribution < -0.4 is 10.9 Å². The highest BCUT2D eigenvalue weighted by Crippen LogP contribution is 2.20. The van der Waals surface area contributed by atoms with Crippen LogP contribution in [-0.2, 0) is 4.79 Å². The van der Waals surface area contributed by atoms with Crippen LogP contribution in [0, 0.1) is 6.92 Å². The molecule has 20 heavy (non-hydrogen) atoms. The van der Waals surface area contributed by atoms with Crippen LogP contribution in [-0.4, -0.2) is 21.6 Å². The highest BCUT2D eigenvalue weighted by molar-refractivity contribution is 9.10. The molecule has 1 heterocycles. The zero-order valence-corrected chi connectivity index (χ0v) is 13.0. The van der Waals surface area contributed by atoms with Gasteiger partial charge >= 0.3 is 0 Å². The average molecular weight is 354 g/mol. The first-order valence-corrected chi connectivity index (χ1v) is 7.56. The van der Waals surface area contributed by atoms with Crippen molar-refractivity contribution in [3.8, 4) is 0 Å². The minimum absolute atomic E-state index is 0.150. The van der Waals surface area contributed by atoms with Gasteiger partial charge in [-0.15, -0.1) is 0 Å². The van der Waals surface area contributed by atoms with Crippen LogP contribution in [0.5, 0.6) is 0 Å². The molecule has 0 spiro atoms. The topological polar surface area (TPSA) is 74.8 Å². The Kier molecular flexibility index (Phi) is 4.97. The maximum atomic E-state index is 11.8. The predicted molar refractivity (Wildman–Crippen MR) is 83.1 cm³/mol. The maximum absolute atomic E-state index is 11.8. The number of thioether (sulfide) groups is 1. The lowest BCUT2D eigenvalue weighted by molar-refractivity contribution is -0.113. The summed E-state index contributed by atoms with van der Waals surface area (Å²) in [6.07, 6.45) is 1.41. The molecule has 1 amide bonds. The molecule has 0 aliphatic heterocycles. The molecule has 1 aromatic heterocycles. The number of aromatic amines is 1. The van der Waals surface area contributed by atoms with Gasteiger partial charge in [-0.1, -0.05) is 27.7 Å². The summed E-state index contributed by atoms with van der Waals surface area (Å²) in [5, 5.41) is 3.22. The third-order valence-electron chi connectivity index (χ3n) is 2.43. The smallest absolute Gasteiger partial charge is 0.251 e. The van der Waals surface area contributed by atoms with E-state index in [0.29, 0.717) is 5.16 Å². The summed E-state index contributed by atoms with van der Waals surface area (Å²) < 4.78 is 0.996. The number of aryl methyl sites for hydroxylation is 1. The molecule has 0 bridgehead atoms. The van der Waals surface area contributed by atoms with Crippen molar-refractivity contribution in [3.63, 3.8) is 0 Å². The fourth-order valence-electron chi connectivity index (χ4n) is 1.48. The molecular formula is C13H12BrN3O2S. The summed E-state index contributed by atoms with van der Waals surface area (Å²) in [7, 11) is 0. The second-order valence-electron chi connectivity index (χ2n) is 4.04. The molecule has 1 aromatic carbocycles. The molecule has 2 rings (SSSR count). The number of aromatic nitrogens is 2. The number of benzene rings is 1. The second-order valence-corrected chi connectivity index (χ2v) is 5.86. The van der Waals surface area contributed by atoms with E-state index in [-0.39, 0.29) is 17.2 Å². The number of H-pyrrole nitrogens is 1. The minimum atomic E-state index is -0.230. The van der Waals surface area contributed by atoms with Crippen LogP contribution in [0.2, 0.25) is 0 Å². The monoisotopic (exact) mass is 353 g/mol. The van der Waals surface area contributed by atoms with Gasteiger partial charge in [0.2, 0.25) is 5.91 Å². The molecule has 7 heteroatoms. The van der Waals surface area contributed by atoms with Gasteiger partial charge in [0.15, 0.2) is 5.16 Å². The first-order valence-electron chi connectivity index (χ1n) is 5.79. The summed E-state index contributed by atoms with van der Waals surface area (Å²) in [6.45, 7) is 1.95. The van der Waals surface area contributed by atoms with Crippen LogP contribution >= 0.6 is 27.7 Å². The third kappa shape index (κ3) is 4.21. The molecule has 2 aromatic rings. The van der Waals surface area contributed by atoms with Gasteiger partial charge in [-0.2, -0.15) is 0 Å². The molecule has 2 N–H and O–H groups in total. The Morgan fingerprint density at radius 3 is 2.95 bits per heavy atom. The zero-order valence-electron chi connectivity index (χ0n) is 10.6. The summed E-state index contributed by atoms with van der Waals surface area (Å²) in [6, 6.07) is 6.92. The van der Waals surface area contributed by atoms with Gasteiger partial charge in [0.25, 0.3) is 5.56 Å². The standard InChI is InChI=1S/C13H12BrN3O2S/c1-8-6-9(2-3-10(8)14)16-12(19)7-20-13-15-5-4-11(18)17-13/h2-6H,7H2,1H3,(H,16,19)(H,15,17,18). The number of nitrogens with one attached hydrogen (secondary N) is 2. The van der Waals surface area contributed by atoms with Gasteiger partial charge in [-0.05, 0) is 30.7 Å². The van der Waals surface area contributed by atoms with Crippen molar-refractivity contribution < 1.29 is 4.79 Å². The van der Waals surface area contributed by atoms with Crippen molar-refractivity contribution in [2.24, 2.45) is 0 Å². The largest absolute Gasteiger partial charge is 0.325 e. The lowest BCUT2D eigenvalue weighted by Crippen LogP contribution is -2.15. The Balaban J connectivity index is 1.92. The van der Waals surface area contributed by atoms with Crippen LogP contribution in [0.3, 0.4) is 0 Å². The summed E-state index contributed by atoms with van der Waals surface area (Å²) in [5.41, 5.74) is 1.56. The Bertz CT molecular complexity index is 687. The fourth-order valence-corrected chi connectivity index (χ4v) is 2.37. The van der Waals surface area contributed by atoms with E-state index < -0.39 is 0 Å². The van der Waals surface area contributed by atoms with E-state index in [1.54, 1.807) is 0 Å². The number of rotatable bonds is 4. The number of hydrogen-bond donors (Lipinski definition) is 2. The lowest BCUT2D eigenvalue weighted by Gasteiger charge is -2.06. The van der Waals surface area contributed by atoms with Gasteiger partial charge in [0.1, 0.15) is 0 Å². The quantitative estimate of drug-likeness (QED) is 0.654. The van der Waals surface area contributed by atoms with E-state index in [2.05, 4.69) is 31.2 Å². The second kappa shape index (κ2) is 6.71. The number of hydrogen-bond acceptors (Lipinski definition) is 4. The van der Waals surface area contributed by atoms with Crippen LogP contribution in [0.1, 0.15) is 5.56 Å². The Hall–Kier alpha value is -1.60. The number of amides is 1. The molecule has 5 nitrogen and oxygen atoms in total. The first kappa shape index (κ1) is 14.8. The van der Waals surface area contributed by atoms with Crippen molar-refractivity contribution >= 4 is 39.3 Å². The van der Waals surface area contributed by atoms with Gasteiger partial charge < -0.3 is 10.3 Å². The van der Waals surface area contributed by atoms with Crippen molar-refractivity contribution in [2.45, 2.75) is 12.1 Å². The molecular weight excluding hydrogens is 342 g/mol. The molecule has 0 radical (unpaired) electrons. The van der Waals surface area contributed by atoms with E-state index in [9.17, 15) is 9.59 Å². The van der Waals surface area contributed by atoms with Gasteiger partial charge in [-0.3, -0.25) is 9.59 Å². The van der Waals surface area contributed by atoms with Crippen LogP contribution in [0.15, 0.2) is 44.9 Å². The Labute approximate surface area is 128 Å². The molecule has 0 atom stereocenters. The minimum Gasteiger partial charge on any atom is -0.325 e. The van der Waals surface area contributed by atoms with Gasteiger partial charge in [0, 0.05) is 22.4 Å². The van der Waals surface area contributed by atoms with E-state index in [0.717, 1.165) is 15.7 Å².